The summed E-state index contributed by atoms with van der Waals surface area (Å²) in [5, 5.41) is 16.4. The van der Waals surface area contributed by atoms with E-state index in [0.717, 1.165) is 28.5 Å². The van der Waals surface area contributed by atoms with Crippen LogP contribution in [0.4, 0.5) is 5.69 Å². The molecule has 0 amide bonds. The zero-order valence-corrected chi connectivity index (χ0v) is 12.2. The minimum absolute atomic E-state index is 0.734. The van der Waals surface area contributed by atoms with Gasteiger partial charge in [-0.05, 0) is 35.9 Å². The van der Waals surface area contributed by atoms with E-state index in [-0.39, 0.29) is 0 Å². The van der Waals surface area contributed by atoms with Gasteiger partial charge in [0.2, 0.25) is 0 Å². The van der Waals surface area contributed by atoms with E-state index in [1.54, 1.807) is 6.20 Å². The molecule has 0 unspecified atom stereocenters. The number of hydrogen-bond acceptors (Lipinski definition) is 4. The third-order valence-electron chi connectivity index (χ3n) is 3.07. The van der Waals surface area contributed by atoms with Crippen LogP contribution in [0, 0.1) is 11.3 Å². The number of thiophene rings is 1. The number of nitrogens with one attached hydrogen (secondary N) is 1. The Morgan fingerprint density at radius 1 is 1.24 bits per heavy atom. The van der Waals surface area contributed by atoms with E-state index in [1.165, 1.54) is 16.9 Å². The quantitative estimate of drug-likeness (QED) is 0.784. The number of anilines is 1. The monoisotopic (exact) mass is 294 g/mol. The van der Waals surface area contributed by atoms with Gasteiger partial charge in [0.15, 0.2) is 0 Å². The summed E-state index contributed by atoms with van der Waals surface area (Å²) in [6.07, 6.45) is 3.74. The molecule has 0 saturated carbocycles. The molecule has 5 heteroatoms. The van der Waals surface area contributed by atoms with Crippen molar-refractivity contribution in [3.63, 3.8) is 0 Å². The Bertz CT molecular complexity index is 753. The van der Waals surface area contributed by atoms with Gasteiger partial charge in [0.25, 0.3) is 0 Å². The Morgan fingerprint density at radius 2 is 2.19 bits per heavy atom. The molecule has 0 spiro atoms. The van der Waals surface area contributed by atoms with Crippen LogP contribution in [0.5, 0.6) is 0 Å². The summed E-state index contributed by atoms with van der Waals surface area (Å²) in [6.45, 7) is 1.50. The average molecular weight is 294 g/mol. The van der Waals surface area contributed by atoms with Crippen molar-refractivity contribution in [3.05, 3.63) is 70.2 Å². The number of nitrogens with zero attached hydrogens (tertiary/aromatic N) is 3. The highest BCUT2D eigenvalue weighted by atomic mass is 32.1. The Morgan fingerprint density at radius 3 is 2.95 bits per heavy atom. The zero-order valence-electron chi connectivity index (χ0n) is 11.4. The van der Waals surface area contributed by atoms with Gasteiger partial charge in [0, 0.05) is 29.5 Å². The number of nitriles is 1. The topological polar surface area (TPSA) is 53.6 Å². The largest absolute Gasteiger partial charge is 0.380 e. The Kier molecular flexibility index (Phi) is 3.99. The van der Waals surface area contributed by atoms with E-state index in [1.807, 2.05) is 41.2 Å². The first-order chi connectivity index (χ1) is 10.3. The van der Waals surface area contributed by atoms with Gasteiger partial charge >= 0.3 is 0 Å². The minimum Gasteiger partial charge on any atom is -0.380 e. The fraction of sp³-hybridized carbons (Fsp3) is 0.125. The SMILES string of the molecule is N#Cc1ccc(CNc2cccc(Cn3cccn3)c2)s1. The minimum atomic E-state index is 0.734. The van der Waals surface area contributed by atoms with E-state index < -0.39 is 0 Å². The molecule has 0 fully saturated rings. The number of benzene rings is 1. The van der Waals surface area contributed by atoms with Gasteiger partial charge < -0.3 is 5.32 Å². The van der Waals surface area contributed by atoms with Crippen molar-refractivity contribution < 1.29 is 0 Å². The second-order valence-electron chi connectivity index (χ2n) is 4.64. The van der Waals surface area contributed by atoms with Crippen molar-refractivity contribution in [1.29, 1.82) is 5.26 Å². The lowest BCUT2D eigenvalue weighted by atomic mass is 10.2. The molecule has 0 bridgehead atoms. The van der Waals surface area contributed by atoms with Gasteiger partial charge in [-0.2, -0.15) is 10.4 Å². The summed E-state index contributed by atoms with van der Waals surface area (Å²) in [4.78, 5) is 1.91. The van der Waals surface area contributed by atoms with Crippen LogP contribution < -0.4 is 5.32 Å². The summed E-state index contributed by atoms with van der Waals surface area (Å²) in [5.41, 5.74) is 2.28. The normalized spacial score (nSPS) is 10.2. The molecule has 3 aromatic rings. The third kappa shape index (κ3) is 3.50. The molecule has 2 heterocycles. The summed E-state index contributed by atoms with van der Waals surface area (Å²) >= 11 is 1.52. The van der Waals surface area contributed by atoms with Crippen LogP contribution >= 0.6 is 11.3 Å². The van der Waals surface area contributed by atoms with Crippen molar-refractivity contribution >= 4 is 17.0 Å². The maximum absolute atomic E-state index is 8.83. The van der Waals surface area contributed by atoms with Gasteiger partial charge in [-0.25, -0.2) is 0 Å². The van der Waals surface area contributed by atoms with Crippen molar-refractivity contribution in [1.82, 2.24) is 9.78 Å². The third-order valence-corrected chi connectivity index (χ3v) is 4.06. The lowest BCUT2D eigenvalue weighted by molar-refractivity contribution is 0.687. The molecule has 0 radical (unpaired) electrons. The first kappa shape index (κ1) is 13.4. The molecule has 0 saturated heterocycles. The molecule has 2 aromatic heterocycles. The fourth-order valence-electron chi connectivity index (χ4n) is 2.08. The first-order valence-electron chi connectivity index (χ1n) is 6.62. The number of rotatable bonds is 5. The molecule has 3 rings (SSSR count). The van der Waals surface area contributed by atoms with Crippen LogP contribution in [0.3, 0.4) is 0 Å². The Hall–Kier alpha value is -2.58. The molecule has 0 aliphatic carbocycles. The molecule has 0 atom stereocenters. The fourth-order valence-corrected chi connectivity index (χ4v) is 2.83. The van der Waals surface area contributed by atoms with Crippen molar-refractivity contribution in [2.45, 2.75) is 13.1 Å². The second kappa shape index (κ2) is 6.25. The van der Waals surface area contributed by atoms with Crippen LogP contribution in [0.25, 0.3) is 0 Å². The van der Waals surface area contributed by atoms with E-state index in [4.69, 9.17) is 5.26 Å². The first-order valence-corrected chi connectivity index (χ1v) is 7.44. The second-order valence-corrected chi connectivity index (χ2v) is 5.80. The van der Waals surface area contributed by atoms with Gasteiger partial charge in [-0.1, -0.05) is 12.1 Å². The van der Waals surface area contributed by atoms with Crippen LogP contribution in [-0.4, -0.2) is 9.78 Å². The van der Waals surface area contributed by atoms with E-state index in [0.29, 0.717) is 0 Å². The van der Waals surface area contributed by atoms with Crippen LogP contribution in [0.1, 0.15) is 15.3 Å². The van der Waals surface area contributed by atoms with E-state index in [2.05, 4.69) is 28.6 Å². The van der Waals surface area contributed by atoms with Crippen LogP contribution in [0.15, 0.2) is 54.9 Å². The number of aromatic nitrogens is 2. The molecule has 4 nitrogen and oxygen atoms in total. The lowest BCUT2D eigenvalue weighted by Crippen LogP contribution is -2.02. The van der Waals surface area contributed by atoms with Gasteiger partial charge in [0.05, 0.1) is 6.54 Å². The molecule has 1 aromatic carbocycles. The van der Waals surface area contributed by atoms with Crippen LogP contribution in [0.2, 0.25) is 0 Å². The summed E-state index contributed by atoms with van der Waals surface area (Å²) in [6, 6.07) is 16.2. The van der Waals surface area contributed by atoms with Crippen molar-refractivity contribution in [2.24, 2.45) is 0 Å². The summed E-state index contributed by atoms with van der Waals surface area (Å²) in [7, 11) is 0. The van der Waals surface area contributed by atoms with E-state index >= 15 is 0 Å². The lowest BCUT2D eigenvalue weighted by Gasteiger charge is -2.08. The number of hydrogen-bond donors (Lipinski definition) is 1. The molecule has 21 heavy (non-hydrogen) atoms. The summed E-state index contributed by atoms with van der Waals surface area (Å²) in [5.74, 6) is 0. The highest BCUT2D eigenvalue weighted by Crippen LogP contribution is 2.18. The molecular formula is C16H14N4S. The molecule has 0 aliphatic heterocycles. The maximum atomic E-state index is 8.83. The Balaban J connectivity index is 1.64. The average Bonchev–Trinajstić information content (AvgIpc) is 3.17. The van der Waals surface area contributed by atoms with Gasteiger partial charge in [-0.3, -0.25) is 4.68 Å². The molecular weight excluding hydrogens is 280 g/mol. The Labute approximate surface area is 127 Å². The van der Waals surface area contributed by atoms with Crippen molar-refractivity contribution in [2.75, 3.05) is 5.32 Å². The molecule has 0 aliphatic rings. The van der Waals surface area contributed by atoms with Crippen molar-refractivity contribution in [3.8, 4) is 6.07 Å². The molecule has 1 N–H and O–H groups in total. The predicted molar refractivity (Wildman–Crippen MR) is 84.1 cm³/mol. The highest BCUT2D eigenvalue weighted by Gasteiger charge is 2.01. The zero-order chi connectivity index (χ0) is 14.5. The van der Waals surface area contributed by atoms with Gasteiger partial charge in [-0.15, -0.1) is 11.3 Å². The summed E-state index contributed by atoms with van der Waals surface area (Å²) < 4.78 is 1.90. The van der Waals surface area contributed by atoms with E-state index in [9.17, 15) is 0 Å². The highest BCUT2D eigenvalue weighted by molar-refractivity contribution is 7.12. The van der Waals surface area contributed by atoms with Crippen LogP contribution in [-0.2, 0) is 13.1 Å². The maximum Gasteiger partial charge on any atom is 0.110 e. The smallest absolute Gasteiger partial charge is 0.110 e. The predicted octanol–water partition coefficient (Wildman–Crippen LogP) is 3.48. The van der Waals surface area contributed by atoms with Gasteiger partial charge in [0.1, 0.15) is 10.9 Å². The standard InChI is InChI=1S/C16H14N4S/c17-10-15-5-6-16(21-15)11-18-14-4-1-3-13(9-14)12-20-8-2-7-19-20/h1-9,18H,11-12H2. The molecule has 104 valence electrons.